The molecule has 1 saturated heterocycles. The first-order valence-corrected chi connectivity index (χ1v) is 10.8. The molecule has 3 rings (SSSR count). The van der Waals surface area contributed by atoms with E-state index >= 15 is 0 Å². The third-order valence-corrected chi connectivity index (χ3v) is 6.45. The van der Waals surface area contributed by atoms with Crippen LogP contribution in [0.15, 0.2) is 32.5 Å². The van der Waals surface area contributed by atoms with Gasteiger partial charge >= 0.3 is 0 Å². The predicted octanol–water partition coefficient (Wildman–Crippen LogP) is 1.85. The molecule has 1 fully saturated rings. The molecule has 3 heterocycles. The van der Waals surface area contributed by atoms with E-state index in [2.05, 4.69) is 10.2 Å². The molecular formula is C15H19N3O5S2. The van der Waals surface area contributed by atoms with Crippen LogP contribution in [0, 0.1) is 0 Å². The molecule has 8 nitrogen and oxygen atoms in total. The Labute approximate surface area is 149 Å². The molecule has 1 amide bonds. The molecular weight excluding hydrogens is 366 g/mol. The highest BCUT2D eigenvalue weighted by Gasteiger charge is 2.34. The molecule has 10 heteroatoms. The van der Waals surface area contributed by atoms with Gasteiger partial charge in [0.25, 0.3) is 11.1 Å². The minimum absolute atomic E-state index is 0.0482. The van der Waals surface area contributed by atoms with Crippen molar-refractivity contribution in [2.45, 2.75) is 31.0 Å². The number of carbonyl (C=O) groups is 1. The monoisotopic (exact) mass is 385 g/mol. The third kappa shape index (κ3) is 4.43. The first-order chi connectivity index (χ1) is 12.0. The van der Waals surface area contributed by atoms with Gasteiger partial charge in [-0.3, -0.25) is 4.79 Å². The molecule has 25 heavy (non-hydrogen) atoms. The molecule has 2 aromatic heterocycles. The number of furan rings is 1. The normalized spacial score (nSPS) is 19.2. The van der Waals surface area contributed by atoms with Crippen LogP contribution < -0.4 is 0 Å². The zero-order chi connectivity index (χ0) is 17.9. The summed E-state index contributed by atoms with van der Waals surface area (Å²) in [5.74, 6) is 0.922. The Balaban J connectivity index is 1.60. The fraction of sp³-hybridized carbons (Fsp3) is 0.533. The second kappa shape index (κ2) is 7.61. The van der Waals surface area contributed by atoms with Crippen LogP contribution in [0.4, 0.5) is 0 Å². The van der Waals surface area contributed by atoms with Gasteiger partial charge in [0.15, 0.2) is 15.6 Å². The van der Waals surface area contributed by atoms with Gasteiger partial charge in [-0.25, -0.2) is 8.42 Å². The summed E-state index contributed by atoms with van der Waals surface area (Å²) in [4.78, 5) is 14.2. The van der Waals surface area contributed by atoms with E-state index in [1.807, 2.05) is 6.92 Å². The number of rotatable bonds is 7. The SMILES string of the molecule is CCCN(C(=O)CSc1nnc(-c2ccco2)o1)[C@@H]1CCS(=O)(=O)C1. The Kier molecular flexibility index (Phi) is 5.48. The fourth-order valence-electron chi connectivity index (χ4n) is 2.75. The summed E-state index contributed by atoms with van der Waals surface area (Å²) in [7, 11) is -3.03. The molecule has 0 spiro atoms. The van der Waals surface area contributed by atoms with E-state index in [-0.39, 0.29) is 40.3 Å². The van der Waals surface area contributed by atoms with Crippen molar-refractivity contribution >= 4 is 27.5 Å². The van der Waals surface area contributed by atoms with Gasteiger partial charge < -0.3 is 13.7 Å². The van der Waals surface area contributed by atoms with Gasteiger partial charge in [-0.2, -0.15) is 0 Å². The van der Waals surface area contributed by atoms with E-state index < -0.39 is 9.84 Å². The average molecular weight is 385 g/mol. The van der Waals surface area contributed by atoms with Crippen LogP contribution in [0.3, 0.4) is 0 Å². The lowest BCUT2D eigenvalue weighted by Crippen LogP contribution is -2.42. The Bertz CT molecular complexity index is 816. The van der Waals surface area contributed by atoms with Crippen molar-refractivity contribution in [1.82, 2.24) is 15.1 Å². The summed E-state index contributed by atoms with van der Waals surface area (Å²) >= 11 is 1.14. The minimum atomic E-state index is -3.03. The molecule has 0 bridgehead atoms. The molecule has 2 aromatic rings. The lowest BCUT2D eigenvalue weighted by Gasteiger charge is -2.27. The van der Waals surface area contributed by atoms with Gasteiger partial charge in [0.1, 0.15) is 0 Å². The predicted molar refractivity (Wildman–Crippen MR) is 91.8 cm³/mol. The van der Waals surface area contributed by atoms with Gasteiger partial charge in [-0.1, -0.05) is 18.7 Å². The zero-order valence-corrected chi connectivity index (χ0v) is 15.4. The van der Waals surface area contributed by atoms with Crippen LogP contribution in [0.5, 0.6) is 0 Å². The highest BCUT2D eigenvalue weighted by Crippen LogP contribution is 2.25. The van der Waals surface area contributed by atoms with Gasteiger partial charge in [-0.05, 0) is 25.0 Å². The molecule has 0 radical (unpaired) electrons. The van der Waals surface area contributed by atoms with E-state index in [9.17, 15) is 13.2 Å². The molecule has 0 unspecified atom stereocenters. The lowest BCUT2D eigenvalue weighted by molar-refractivity contribution is -0.130. The molecule has 1 aliphatic rings. The summed E-state index contributed by atoms with van der Waals surface area (Å²) in [6.45, 7) is 2.51. The summed E-state index contributed by atoms with van der Waals surface area (Å²) in [6.07, 6.45) is 2.78. The molecule has 0 N–H and O–H groups in total. The van der Waals surface area contributed by atoms with Gasteiger partial charge in [0.05, 0.1) is 23.5 Å². The number of hydrogen-bond donors (Lipinski definition) is 0. The van der Waals surface area contributed by atoms with Crippen LogP contribution in [-0.4, -0.2) is 59.3 Å². The van der Waals surface area contributed by atoms with Crippen molar-refractivity contribution in [2.75, 3.05) is 23.8 Å². The first-order valence-electron chi connectivity index (χ1n) is 7.98. The fourth-order valence-corrected chi connectivity index (χ4v) is 5.13. The third-order valence-electron chi connectivity index (χ3n) is 3.89. The minimum Gasteiger partial charge on any atom is -0.459 e. The van der Waals surface area contributed by atoms with Crippen molar-refractivity contribution in [3.8, 4) is 11.7 Å². The number of thioether (sulfide) groups is 1. The second-order valence-corrected chi connectivity index (χ2v) is 8.94. The number of hydrogen-bond acceptors (Lipinski definition) is 8. The Morgan fingerprint density at radius 1 is 1.44 bits per heavy atom. The van der Waals surface area contributed by atoms with E-state index in [1.54, 1.807) is 17.0 Å². The molecule has 0 aliphatic carbocycles. The summed E-state index contributed by atoms with van der Waals surface area (Å²) in [6, 6.07) is 3.18. The number of amides is 1. The van der Waals surface area contributed by atoms with E-state index in [1.165, 1.54) is 6.26 Å². The van der Waals surface area contributed by atoms with Crippen LogP contribution in [0.25, 0.3) is 11.7 Å². The lowest BCUT2D eigenvalue weighted by atomic mass is 10.2. The maximum Gasteiger partial charge on any atom is 0.284 e. The number of nitrogens with zero attached hydrogens (tertiary/aromatic N) is 3. The van der Waals surface area contributed by atoms with Crippen LogP contribution in [0.1, 0.15) is 19.8 Å². The summed E-state index contributed by atoms with van der Waals surface area (Å²) in [5, 5.41) is 8.04. The van der Waals surface area contributed by atoms with Gasteiger partial charge in [-0.15, -0.1) is 10.2 Å². The standard InChI is InChI=1S/C15H19N3O5S2/c1-2-6-18(11-5-8-25(20,21)10-11)13(19)9-24-15-17-16-14(23-15)12-4-3-7-22-12/h3-4,7,11H,2,5-6,8-10H2,1H3/t11-/m1/s1. The molecule has 136 valence electrons. The molecule has 0 saturated carbocycles. The Hall–Kier alpha value is -1.81. The number of aromatic nitrogens is 2. The van der Waals surface area contributed by atoms with E-state index in [0.717, 1.165) is 18.2 Å². The Morgan fingerprint density at radius 3 is 2.92 bits per heavy atom. The van der Waals surface area contributed by atoms with E-state index in [0.29, 0.717) is 18.7 Å². The highest BCUT2D eigenvalue weighted by molar-refractivity contribution is 7.99. The van der Waals surface area contributed by atoms with Gasteiger partial charge in [0, 0.05) is 12.6 Å². The zero-order valence-electron chi connectivity index (χ0n) is 13.8. The smallest absolute Gasteiger partial charge is 0.284 e. The van der Waals surface area contributed by atoms with Crippen LogP contribution in [-0.2, 0) is 14.6 Å². The van der Waals surface area contributed by atoms with Crippen molar-refractivity contribution in [2.24, 2.45) is 0 Å². The summed E-state index contributed by atoms with van der Waals surface area (Å²) in [5.41, 5.74) is 0. The van der Waals surface area contributed by atoms with E-state index in [4.69, 9.17) is 8.83 Å². The topological polar surface area (TPSA) is 107 Å². The highest BCUT2D eigenvalue weighted by atomic mass is 32.2. The molecule has 0 aromatic carbocycles. The Morgan fingerprint density at radius 2 is 2.28 bits per heavy atom. The largest absolute Gasteiger partial charge is 0.459 e. The van der Waals surface area contributed by atoms with Crippen molar-refractivity contribution in [1.29, 1.82) is 0 Å². The first kappa shape index (κ1) is 18.0. The van der Waals surface area contributed by atoms with Crippen molar-refractivity contribution in [3.63, 3.8) is 0 Å². The van der Waals surface area contributed by atoms with Crippen molar-refractivity contribution in [3.05, 3.63) is 18.4 Å². The van der Waals surface area contributed by atoms with Crippen LogP contribution in [0.2, 0.25) is 0 Å². The second-order valence-electron chi connectivity index (χ2n) is 5.78. The van der Waals surface area contributed by atoms with Crippen LogP contribution >= 0.6 is 11.8 Å². The number of carbonyl (C=O) groups excluding carboxylic acids is 1. The average Bonchev–Trinajstić information content (AvgIpc) is 3.30. The summed E-state index contributed by atoms with van der Waals surface area (Å²) < 4.78 is 34.0. The maximum atomic E-state index is 12.5. The molecule has 1 atom stereocenters. The molecule has 1 aliphatic heterocycles. The number of sulfone groups is 1. The van der Waals surface area contributed by atoms with Crippen molar-refractivity contribution < 1.29 is 22.0 Å². The quantitative estimate of drug-likeness (QED) is 0.665. The van der Waals surface area contributed by atoms with Gasteiger partial charge in [0.2, 0.25) is 5.91 Å². The maximum absolute atomic E-state index is 12.5.